The first-order valence-electron chi connectivity index (χ1n) is 11.7. The van der Waals surface area contributed by atoms with Crippen LogP contribution in [0, 0.1) is 5.41 Å². The van der Waals surface area contributed by atoms with Crippen molar-refractivity contribution in [2.75, 3.05) is 53.4 Å². The molecule has 2 saturated heterocycles. The Morgan fingerprint density at radius 1 is 1.03 bits per heavy atom. The summed E-state index contributed by atoms with van der Waals surface area (Å²) < 4.78 is 28.3. The number of aliphatic imine (C=N–C) groups is 1. The molecular weight excluding hydrogens is 410 g/mol. The van der Waals surface area contributed by atoms with Gasteiger partial charge in [0, 0.05) is 52.9 Å². The van der Waals surface area contributed by atoms with Gasteiger partial charge < -0.3 is 15.1 Å². The number of likely N-dealkylation sites (N-methyl/N-ethyl adjacent to an activating group) is 1. The molecule has 1 N–H and O–H groups in total. The van der Waals surface area contributed by atoms with Crippen LogP contribution in [-0.2, 0) is 16.6 Å². The largest absolute Gasteiger partial charge is 0.352 e. The van der Waals surface area contributed by atoms with Gasteiger partial charge in [0.2, 0.25) is 10.0 Å². The van der Waals surface area contributed by atoms with Gasteiger partial charge in [-0.15, -0.1) is 0 Å². The Bertz CT molecular complexity index is 887. The number of guanidine groups is 1. The van der Waals surface area contributed by atoms with Crippen LogP contribution in [0.4, 0.5) is 0 Å². The average Bonchev–Trinajstić information content (AvgIpc) is 3.18. The molecule has 1 aromatic carbocycles. The molecule has 0 atom stereocenters. The van der Waals surface area contributed by atoms with Crippen molar-refractivity contribution in [3.05, 3.63) is 29.8 Å². The SMILES string of the molecule is CN=C(NCc1ccccc1S(=O)(=O)N1CCN(C)CC1)N1CCC2(CCCCC2)C1. The van der Waals surface area contributed by atoms with Crippen LogP contribution < -0.4 is 5.32 Å². The topological polar surface area (TPSA) is 68.2 Å². The van der Waals surface area contributed by atoms with Crippen molar-refractivity contribution >= 4 is 16.0 Å². The molecule has 8 heteroatoms. The molecule has 0 aromatic heterocycles. The van der Waals surface area contributed by atoms with E-state index in [4.69, 9.17) is 0 Å². The minimum atomic E-state index is -3.50. The van der Waals surface area contributed by atoms with Crippen LogP contribution in [0.1, 0.15) is 44.1 Å². The number of nitrogens with one attached hydrogen (secondary N) is 1. The number of likely N-dealkylation sites (tertiary alicyclic amines) is 1. The lowest BCUT2D eigenvalue weighted by Crippen LogP contribution is -2.47. The van der Waals surface area contributed by atoms with E-state index in [-0.39, 0.29) is 0 Å². The maximum Gasteiger partial charge on any atom is 0.243 e. The minimum Gasteiger partial charge on any atom is -0.352 e. The van der Waals surface area contributed by atoms with Crippen molar-refractivity contribution in [3.8, 4) is 0 Å². The Morgan fingerprint density at radius 3 is 2.45 bits per heavy atom. The summed E-state index contributed by atoms with van der Waals surface area (Å²) in [6.07, 6.45) is 7.95. The summed E-state index contributed by atoms with van der Waals surface area (Å²) >= 11 is 0. The van der Waals surface area contributed by atoms with E-state index in [1.807, 2.05) is 32.3 Å². The fraction of sp³-hybridized carbons (Fsp3) is 0.696. The average molecular weight is 448 g/mol. The lowest BCUT2D eigenvalue weighted by Gasteiger charge is -2.33. The zero-order chi connectivity index (χ0) is 21.9. The maximum atomic E-state index is 13.3. The lowest BCUT2D eigenvalue weighted by atomic mass is 9.73. The molecule has 2 aliphatic heterocycles. The fourth-order valence-electron chi connectivity index (χ4n) is 5.40. The smallest absolute Gasteiger partial charge is 0.243 e. The van der Waals surface area contributed by atoms with Crippen LogP contribution in [-0.4, -0.2) is 81.8 Å². The molecule has 172 valence electrons. The number of hydrogen-bond donors (Lipinski definition) is 1. The van der Waals surface area contributed by atoms with Gasteiger partial charge in [0.15, 0.2) is 5.96 Å². The van der Waals surface area contributed by atoms with Crippen LogP contribution in [0.2, 0.25) is 0 Å². The standard InChI is InChI=1S/C23H37N5O2S/c1-24-22(27-13-12-23(19-27)10-6-3-7-11-23)25-18-20-8-4-5-9-21(20)31(29,30)28-16-14-26(2)15-17-28/h4-5,8-9H,3,6-7,10-19H2,1-2H3,(H,24,25). The Labute approximate surface area is 187 Å². The molecule has 2 heterocycles. The number of hydrogen-bond acceptors (Lipinski definition) is 4. The minimum absolute atomic E-state index is 0.410. The molecule has 3 aliphatic rings. The van der Waals surface area contributed by atoms with E-state index in [0.717, 1.165) is 37.7 Å². The van der Waals surface area contributed by atoms with Gasteiger partial charge in [-0.2, -0.15) is 4.31 Å². The summed E-state index contributed by atoms with van der Waals surface area (Å²) in [5, 5.41) is 3.46. The van der Waals surface area contributed by atoms with E-state index in [1.54, 1.807) is 10.4 Å². The van der Waals surface area contributed by atoms with Crippen LogP contribution in [0.25, 0.3) is 0 Å². The maximum absolute atomic E-state index is 13.3. The molecule has 1 aliphatic carbocycles. The third-order valence-corrected chi connectivity index (χ3v) is 9.35. The lowest BCUT2D eigenvalue weighted by molar-refractivity contribution is 0.203. The van der Waals surface area contributed by atoms with Gasteiger partial charge in [0.05, 0.1) is 4.90 Å². The number of nitrogens with zero attached hydrogens (tertiary/aromatic N) is 4. The highest BCUT2D eigenvalue weighted by Crippen LogP contribution is 2.43. The summed E-state index contributed by atoms with van der Waals surface area (Å²) in [4.78, 5) is 9.46. The quantitative estimate of drug-likeness (QED) is 0.567. The Kier molecular flexibility index (Phi) is 6.89. The van der Waals surface area contributed by atoms with Gasteiger partial charge >= 0.3 is 0 Å². The predicted octanol–water partition coefficient (Wildman–Crippen LogP) is 2.35. The summed E-state index contributed by atoms with van der Waals surface area (Å²) in [5.74, 6) is 0.884. The van der Waals surface area contributed by atoms with Gasteiger partial charge in [-0.3, -0.25) is 4.99 Å². The molecule has 7 nitrogen and oxygen atoms in total. The van der Waals surface area contributed by atoms with Gasteiger partial charge in [0.1, 0.15) is 0 Å². The second-order valence-corrected chi connectivity index (χ2v) is 11.4. The Morgan fingerprint density at radius 2 is 1.74 bits per heavy atom. The van der Waals surface area contributed by atoms with Gasteiger partial charge in [-0.1, -0.05) is 37.5 Å². The van der Waals surface area contributed by atoms with Gasteiger partial charge in [0.25, 0.3) is 0 Å². The van der Waals surface area contributed by atoms with E-state index in [2.05, 4.69) is 20.1 Å². The molecule has 31 heavy (non-hydrogen) atoms. The van der Waals surface area contributed by atoms with Crippen molar-refractivity contribution < 1.29 is 8.42 Å². The Balaban J connectivity index is 1.44. The van der Waals surface area contributed by atoms with Crippen LogP contribution in [0.15, 0.2) is 34.2 Å². The van der Waals surface area contributed by atoms with Crippen LogP contribution in [0.3, 0.4) is 0 Å². The van der Waals surface area contributed by atoms with Crippen molar-refractivity contribution in [1.29, 1.82) is 0 Å². The first-order chi connectivity index (χ1) is 14.9. The molecule has 1 spiro atoms. The number of piperazine rings is 1. The molecule has 1 aromatic rings. The molecule has 4 rings (SSSR count). The van der Waals surface area contributed by atoms with E-state index in [9.17, 15) is 8.42 Å². The van der Waals surface area contributed by atoms with Crippen LogP contribution in [0.5, 0.6) is 0 Å². The molecule has 0 radical (unpaired) electrons. The second kappa shape index (κ2) is 9.46. The predicted molar refractivity (Wildman–Crippen MR) is 125 cm³/mol. The molecular formula is C23H37N5O2S. The van der Waals surface area contributed by atoms with E-state index in [0.29, 0.717) is 29.9 Å². The molecule has 3 fully saturated rings. The summed E-state index contributed by atoms with van der Waals surface area (Å²) in [5.41, 5.74) is 1.26. The van der Waals surface area contributed by atoms with Crippen molar-refractivity contribution in [2.45, 2.75) is 50.0 Å². The van der Waals surface area contributed by atoms with Crippen molar-refractivity contribution in [3.63, 3.8) is 0 Å². The number of rotatable bonds is 4. The summed E-state index contributed by atoms with van der Waals surface area (Å²) in [6.45, 7) is 5.16. The zero-order valence-electron chi connectivity index (χ0n) is 19.0. The van der Waals surface area contributed by atoms with E-state index in [1.165, 1.54) is 38.5 Å². The van der Waals surface area contributed by atoms with Gasteiger partial charge in [-0.05, 0) is 43.4 Å². The van der Waals surface area contributed by atoms with Gasteiger partial charge in [-0.25, -0.2) is 8.42 Å². The third kappa shape index (κ3) is 4.91. The summed E-state index contributed by atoms with van der Waals surface area (Å²) in [7, 11) is 0.353. The zero-order valence-corrected chi connectivity index (χ0v) is 19.8. The highest BCUT2D eigenvalue weighted by molar-refractivity contribution is 7.89. The van der Waals surface area contributed by atoms with Crippen molar-refractivity contribution in [1.82, 2.24) is 19.4 Å². The first kappa shape index (κ1) is 22.6. The molecule has 0 bridgehead atoms. The molecule has 0 unspecified atom stereocenters. The molecule has 0 amide bonds. The monoisotopic (exact) mass is 447 g/mol. The summed E-state index contributed by atoms with van der Waals surface area (Å²) in [6, 6.07) is 7.38. The van der Waals surface area contributed by atoms with E-state index < -0.39 is 10.0 Å². The highest BCUT2D eigenvalue weighted by atomic mass is 32.2. The van der Waals surface area contributed by atoms with Crippen LogP contribution >= 0.6 is 0 Å². The number of sulfonamides is 1. The highest BCUT2D eigenvalue weighted by Gasteiger charge is 2.39. The number of benzene rings is 1. The fourth-order valence-corrected chi connectivity index (χ4v) is 7.05. The second-order valence-electron chi connectivity index (χ2n) is 9.45. The Hall–Kier alpha value is -1.64. The van der Waals surface area contributed by atoms with Crippen molar-refractivity contribution in [2.24, 2.45) is 10.4 Å². The first-order valence-corrected chi connectivity index (χ1v) is 13.1. The normalized spacial score (nSPS) is 23.4. The third-order valence-electron chi connectivity index (χ3n) is 7.35. The molecule has 1 saturated carbocycles. The van der Waals surface area contributed by atoms with E-state index >= 15 is 0 Å².